The molecule has 0 saturated heterocycles. The molecule has 108 valence electrons. The number of aryl methyl sites for hydroxylation is 2. The highest BCUT2D eigenvalue weighted by Crippen LogP contribution is 2.02. The molecule has 0 radical (unpaired) electrons. The first-order chi connectivity index (χ1) is 9.10. The van der Waals surface area contributed by atoms with Gasteiger partial charge in [0.2, 0.25) is 0 Å². The second-order valence-corrected chi connectivity index (χ2v) is 4.75. The molecule has 0 aliphatic rings. The minimum atomic E-state index is -1.08. The molecule has 1 aromatic rings. The van der Waals surface area contributed by atoms with Crippen molar-refractivity contribution < 1.29 is 14.5 Å². The summed E-state index contributed by atoms with van der Waals surface area (Å²) in [5.41, 5.74) is 1.48. The number of hydrogen-bond donors (Lipinski definition) is 0. The second-order valence-electron chi connectivity index (χ2n) is 4.75. The number of carboxylic acids is 1. The third-order valence-electron chi connectivity index (χ3n) is 2.76. The number of rotatable bonds is 7. The monoisotopic (exact) mass is 265 g/mol. The molecular weight excluding hydrogens is 238 g/mol. The van der Waals surface area contributed by atoms with Crippen LogP contribution in [0.2, 0.25) is 0 Å². The fraction of sp³-hybridized carbons (Fsp3) is 0.625. The van der Waals surface area contributed by atoms with Gasteiger partial charge >= 0.3 is 0 Å². The lowest BCUT2D eigenvalue weighted by molar-refractivity contribution is -0.697. The van der Waals surface area contributed by atoms with Crippen LogP contribution in [0.5, 0.6) is 0 Å². The molecule has 0 N–H and O–H groups in total. The number of carbonyl (C=O) groups excluding carboxylic acids is 1. The van der Waals surface area contributed by atoms with Gasteiger partial charge in [-0.15, -0.1) is 0 Å². The number of unbranched alkanes of at least 4 members (excludes halogenated alkanes) is 3. The lowest BCUT2D eigenvalue weighted by atomic mass is 10.1. The fourth-order valence-corrected chi connectivity index (χ4v) is 1.79. The molecular formula is C16H27NO2. The van der Waals surface area contributed by atoms with Gasteiger partial charge in [-0.2, -0.15) is 0 Å². The highest BCUT2D eigenvalue weighted by atomic mass is 16.4. The van der Waals surface area contributed by atoms with Gasteiger partial charge in [-0.3, -0.25) is 0 Å². The van der Waals surface area contributed by atoms with Gasteiger partial charge in [0.25, 0.3) is 0 Å². The minimum Gasteiger partial charge on any atom is -0.550 e. The number of aromatic nitrogens is 1. The van der Waals surface area contributed by atoms with E-state index in [1.807, 2.05) is 0 Å². The predicted octanol–water partition coefficient (Wildman–Crippen LogP) is 2.26. The molecule has 3 nitrogen and oxygen atoms in total. The van der Waals surface area contributed by atoms with Gasteiger partial charge in [0, 0.05) is 24.0 Å². The van der Waals surface area contributed by atoms with Crippen molar-refractivity contribution in [1.82, 2.24) is 0 Å². The van der Waals surface area contributed by atoms with Crippen LogP contribution in [0, 0.1) is 0 Å². The van der Waals surface area contributed by atoms with Crippen LogP contribution in [-0.2, 0) is 17.8 Å². The number of aliphatic carboxylic acids is 1. The maximum Gasteiger partial charge on any atom is 0.171 e. The first-order valence-electron chi connectivity index (χ1n) is 7.25. The van der Waals surface area contributed by atoms with Crippen molar-refractivity contribution in [3.8, 4) is 0 Å². The molecule has 0 amide bonds. The van der Waals surface area contributed by atoms with Gasteiger partial charge in [0.1, 0.15) is 6.54 Å². The average molecular weight is 265 g/mol. The quantitative estimate of drug-likeness (QED) is 0.560. The number of hydrogen-bond acceptors (Lipinski definition) is 2. The van der Waals surface area contributed by atoms with E-state index >= 15 is 0 Å². The molecule has 0 spiro atoms. The molecule has 0 aromatic carbocycles. The van der Waals surface area contributed by atoms with E-state index in [1.54, 1.807) is 0 Å². The molecule has 1 aromatic heterocycles. The van der Waals surface area contributed by atoms with E-state index in [0.717, 1.165) is 6.92 Å². The molecule has 0 saturated carbocycles. The predicted molar refractivity (Wildman–Crippen MR) is 75.5 cm³/mol. The van der Waals surface area contributed by atoms with Crippen molar-refractivity contribution in [2.75, 3.05) is 0 Å². The summed E-state index contributed by atoms with van der Waals surface area (Å²) in [4.78, 5) is 8.89. The summed E-state index contributed by atoms with van der Waals surface area (Å²) in [6.45, 7) is 6.65. The van der Waals surface area contributed by atoms with Crippen molar-refractivity contribution in [3.63, 3.8) is 0 Å². The normalized spacial score (nSPS) is 9.63. The SMILES string of the molecule is CC(=O)[O-].CCCCC[n+]1cccc(CCCC)c1. The van der Waals surface area contributed by atoms with Crippen LogP contribution in [0.3, 0.4) is 0 Å². The van der Waals surface area contributed by atoms with Crippen LogP contribution in [-0.4, -0.2) is 5.97 Å². The van der Waals surface area contributed by atoms with E-state index in [2.05, 4.69) is 42.9 Å². The summed E-state index contributed by atoms with van der Waals surface area (Å²) in [5.74, 6) is -1.08. The van der Waals surface area contributed by atoms with E-state index in [4.69, 9.17) is 9.90 Å². The first-order valence-corrected chi connectivity index (χ1v) is 7.25. The third-order valence-corrected chi connectivity index (χ3v) is 2.76. The maximum atomic E-state index is 8.89. The molecule has 0 aliphatic heterocycles. The number of pyridine rings is 1. The number of nitrogens with zero attached hydrogens (tertiary/aromatic N) is 1. The van der Waals surface area contributed by atoms with Crippen LogP contribution >= 0.6 is 0 Å². The third kappa shape index (κ3) is 11.4. The van der Waals surface area contributed by atoms with Crippen molar-refractivity contribution in [2.24, 2.45) is 0 Å². The fourth-order valence-electron chi connectivity index (χ4n) is 1.79. The van der Waals surface area contributed by atoms with Gasteiger partial charge in [-0.05, 0) is 32.3 Å². The summed E-state index contributed by atoms with van der Waals surface area (Å²) < 4.78 is 2.33. The zero-order valence-corrected chi connectivity index (χ0v) is 12.5. The number of carboxylic acid groups (broad SMARTS) is 1. The van der Waals surface area contributed by atoms with Gasteiger partial charge < -0.3 is 9.90 Å². The van der Waals surface area contributed by atoms with Crippen LogP contribution in [0.25, 0.3) is 0 Å². The Morgan fingerprint density at radius 1 is 1.21 bits per heavy atom. The van der Waals surface area contributed by atoms with Crippen molar-refractivity contribution >= 4 is 5.97 Å². The van der Waals surface area contributed by atoms with E-state index < -0.39 is 5.97 Å². The topological polar surface area (TPSA) is 44.0 Å². The molecule has 0 atom stereocenters. The summed E-state index contributed by atoms with van der Waals surface area (Å²) >= 11 is 0. The Morgan fingerprint density at radius 2 is 1.84 bits per heavy atom. The molecule has 0 fully saturated rings. The molecule has 19 heavy (non-hydrogen) atoms. The highest BCUT2D eigenvalue weighted by molar-refractivity contribution is 5.60. The standard InChI is InChI=1S/C14H24N.C2H4O2/c1-3-5-7-11-15-12-8-10-14(13-15)9-6-4-2;1-2(3)4/h8,10,12-13H,3-7,9,11H2,1-2H3;1H3,(H,3,4)/q+1;/p-1. The Labute approximate surface area is 117 Å². The lowest BCUT2D eigenvalue weighted by Gasteiger charge is -2.00. The Bertz CT molecular complexity index is 346. The van der Waals surface area contributed by atoms with Crippen molar-refractivity contribution in [2.45, 2.75) is 65.8 Å². The Balaban J connectivity index is 0.000000711. The van der Waals surface area contributed by atoms with Gasteiger partial charge in [-0.25, -0.2) is 4.57 Å². The summed E-state index contributed by atoms with van der Waals surface area (Å²) in [5, 5.41) is 8.89. The molecule has 0 aliphatic carbocycles. The number of carbonyl (C=O) groups is 1. The van der Waals surface area contributed by atoms with E-state index in [-0.39, 0.29) is 0 Å². The molecule has 0 bridgehead atoms. The zero-order valence-electron chi connectivity index (χ0n) is 12.5. The van der Waals surface area contributed by atoms with Gasteiger partial charge in [-0.1, -0.05) is 26.7 Å². The van der Waals surface area contributed by atoms with Gasteiger partial charge in [0.05, 0.1) is 0 Å². The van der Waals surface area contributed by atoms with Crippen molar-refractivity contribution in [3.05, 3.63) is 30.1 Å². The van der Waals surface area contributed by atoms with Crippen LogP contribution in [0.1, 0.15) is 58.4 Å². The minimum absolute atomic E-state index is 0.972. The maximum absolute atomic E-state index is 8.89. The second kappa shape index (κ2) is 11.7. The van der Waals surface area contributed by atoms with Crippen molar-refractivity contribution in [1.29, 1.82) is 0 Å². The zero-order chi connectivity index (χ0) is 14.5. The van der Waals surface area contributed by atoms with Crippen LogP contribution in [0.15, 0.2) is 24.5 Å². The smallest absolute Gasteiger partial charge is 0.171 e. The van der Waals surface area contributed by atoms with Crippen LogP contribution in [0.4, 0.5) is 0 Å². The van der Waals surface area contributed by atoms with Gasteiger partial charge in [0.15, 0.2) is 12.4 Å². The summed E-state index contributed by atoms with van der Waals surface area (Å²) in [7, 11) is 0. The summed E-state index contributed by atoms with van der Waals surface area (Å²) in [6, 6.07) is 4.42. The van der Waals surface area contributed by atoms with Crippen LogP contribution < -0.4 is 9.67 Å². The largest absolute Gasteiger partial charge is 0.550 e. The highest BCUT2D eigenvalue weighted by Gasteiger charge is 2.01. The van der Waals surface area contributed by atoms with E-state index in [1.165, 1.54) is 50.6 Å². The lowest BCUT2D eigenvalue weighted by Crippen LogP contribution is -2.33. The first kappa shape index (κ1) is 17.6. The Hall–Kier alpha value is -1.38. The average Bonchev–Trinajstić information content (AvgIpc) is 2.36. The van der Waals surface area contributed by atoms with E-state index in [0.29, 0.717) is 0 Å². The Morgan fingerprint density at radius 3 is 2.42 bits per heavy atom. The molecule has 0 unspecified atom stereocenters. The molecule has 3 heteroatoms. The summed E-state index contributed by atoms with van der Waals surface area (Å²) in [6.07, 6.45) is 12.3. The molecule has 1 rings (SSSR count). The van der Waals surface area contributed by atoms with E-state index in [9.17, 15) is 0 Å². The Kier molecular flexibility index (Phi) is 10.8. The molecule has 1 heterocycles.